The van der Waals surface area contributed by atoms with Gasteiger partial charge in [0.25, 0.3) is 5.69 Å². The highest BCUT2D eigenvalue weighted by molar-refractivity contribution is 5.46. The smallest absolute Gasteiger partial charge is 0.368 e. The maximum absolute atomic E-state index is 12.2. The number of nitrogens with zero attached hydrogens (tertiary/aromatic N) is 5. The van der Waals surface area contributed by atoms with Gasteiger partial charge in [0.2, 0.25) is 0 Å². The number of rotatable bonds is 5. The Balaban J connectivity index is 1.93. The first-order valence-electron chi connectivity index (χ1n) is 7.84. The number of nitro benzene ring substituents is 1. The average Bonchev–Trinajstić information content (AvgIpc) is 2.93. The molecule has 0 aliphatic heterocycles. The van der Waals surface area contributed by atoms with E-state index in [0.717, 1.165) is 15.8 Å². The van der Waals surface area contributed by atoms with Gasteiger partial charge in [-0.1, -0.05) is 12.1 Å². The molecule has 0 aliphatic carbocycles. The van der Waals surface area contributed by atoms with E-state index in [1.807, 2.05) is 19.1 Å². The second-order valence-electron chi connectivity index (χ2n) is 5.87. The van der Waals surface area contributed by atoms with Crippen molar-refractivity contribution in [2.75, 3.05) is 0 Å². The summed E-state index contributed by atoms with van der Waals surface area (Å²) in [4.78, 5) is 22.6. The Bertz CT molecular complexity index is 1040. The van der Waals surface area contributed by atoms with E-state index in [1.54, 1.807) is 19.1 Å². The van der Waals surface area contributed by atoms with Crippen molar-refractivity contribution in [2.24, 2.45) is 7.05 Å². The van der Waals surface area contributed by atoms with Crippen molar-refractivity contribution in [2.45, 2.75) is 20.5 Å². The number of benzene rings is 2. The molecule has 9 nitrogen and oxygen atoms in total. The molecule has 0 spiro atoms. The summed E-state index contributed by atoms with van der Waals surface area (Å²) >= 11 is 0. The molecule has 26 heavy (non-hydrogen) atoms. The Hall–Kier alpha value is -3.49. The lowest BCUT2D eigenvalue weighted by molar-refractivity contribution is -0.384. The molecule has 0 saturated carbocycles. The van der Waals surface area contributed by atoms with Crippen LogP contribution in [0.4, 0.5) is 5.69 Å². The molecule has 1 heterocycles. The van der Waals surface area contributed by atoms with E-state index < -0.39 is 4.92 Å². The second kappa shape index (κ2) is 6.79. The highest BCUT2D eigenvalue weighted by atomic mass is 16.6. The number of ether oxygens (including phenoxy) is 1. The fourth-order valence-electron chi connectivity index (χ4n) is 2.60. The van der Waals surface area contributed by atoms with Crippen molar-refractivity contribution in [1.29, 1.82) is 0 Å². The van der Waals surface area contributed by atoms with Gasteiger partial charge in [0.15, 0.2) is 0 Å². The van der Waals surface area contributed by atoms with E-state index in [9.17, 15) is 14.9 Å². The summed E-state index contributed by atoms with van der Waals surface area (Å²) in [5, 5.41) is 18.5. The van der Waals surface area contributed by atoms with Crippen molar-refractivity contribution in [3.8, 4) is 11.4 Å². The van der Waals surface area contributed by atoms with Crippen LogP contribution in [0.25, 0.3) is 5.69 Å². The summed E-state index contributed by atoms with van der Waals surface area (Å²) in [6.45, 7) is 3.84. The zero-order valence-electron chi connectivity index (χ0n) is 14.5. The van der Waals surface area contributed by atoms with Gasteiger partial charge in [-0.2, -0.15) is 9.36 Å². The molecule has 2 aromatic carbocycles. The van der Waals surface area contributed by atoms with E-state index in [2.05, 4.69) is 10.4 Å². The van der Waals surface area contributed by atoms with Crippen LogP contribution in [0.3, 0.4) is 0 Å². The molecular formula is C17H17N5O4. The Labute approximate surface area is 148 Å². The summed E-state index contributed by atoms with van der Waals surface area (Å²) in [5.74, 6) is 0.538. The first kappa shape index (κ1) is 17.3. The zero-order chi connectivity index (χ0) is 18.8. The van der Waals surface area contributed by atoms with Crippen LogP contribution >= 0.6 is 0 Å². The molecule has 3 aromatic rings. The highest BCUT2D eigenvalue weighted by Crippen LogP contribution is 2.25. The van der Waals surface area contributed by atoms with Crippen LogP contribution in [0.15, 0.2) is 41.2 Å². The van der Waals surface area contributed by atoms with E-state index in [0.29, 0.717) is 17.0 Å². The summed E-state index contributed by atoms with van der Waals surface area (Å²) in [5.41, 5.74) is 2.61. The summed E-state index contributed by atoms with van der Waals surface area (Å²) in [6, 6.07) is 9.93. The minimum atomic E-state index is -0.448. The molecule has 0 fully saturated rings. The number of hydrogen-bond donors (Lipinski definition) is 0. The molecule has 3 rings (SSSR count). The molecular weight excluding hydrogens is 338 g/mol. The van der Waals surface area contributed by atoms with E-state index >= 15 is 0 Å². The minimum Gasteiger partial charge on any atom is -0.489 e. The van der Waals surface area contributed by atoms with Gasteiger partial charge in [-0.15, -0.1) is 0 Å². The molecule has 0 aliphatic rings. The molecule has 0 radical (unpaired) electrons. The van der Waals surface area contributed by atoms with Gasteiger partial charge >= 0.3 is 5.69 Å². The number of aromatic nitrogens is 4. The average molecular weight is 355 g/mol. The Kier molecular flexibility index (Phi) is 4.53. The number of tetrazole rings is 1. The predicted molar refractivity (Wildman–Crippen MR) is 93.5 cm³/mol. The van der Waals surface area contributed by atoms with Crippen LogP contribution < -0.4 is 10.4 Å². The van der Waals surface area contributed by atoms with Crippen molar-refractivity contribution >= 4 is 5.69 Å². The maximum atomic E-state index is 12.2. The molecule has 134 valence electrons. The van der Waals surface area contributed by atoms with Crippen LogP contribution in [0.5, 0.6) is 5.75 Å². The maximum Gasteiger partial charge on any atom is 0.368 e. The number of non-ortho nitro benzene ring substituents is 1. The Morgan fingerprint density at radius 1 is 1.15 bits per heavy atom. The third-order valence-electron chi connectivity index (χ3n) is 4.08. The molecule has 0 unspecified atom stereocenters. The van der Waals surface area contributed by atoms with Gasteiger partial charge in [-0.05, 0) is 47.5 Å². The molecule has 0 N–H and O–H groups in total. The molecule has 0 bridgehead atoms. The van der Waals surface area contributed by atoms with Crippen LogP contribution in [-0.4, -0.2) is 24.7 Å². The SMILES string of the molecule is Cc1cc([N+](=O)[O-])ccc1OCc1c(C)cccc1-n1nnn(C)c1=O. The fourth-order valence-corrected chi connectivity index (χ4v) is 2.60. The molecule has 1 aromatic heterocycles. The number of aryl methyl sites for hydroxylation is 3. The van der Waals surface area contributed by atoms with Crippen molar-refractivity contribution < 1.29 is 9.66 Å². The van der Waals surface area contributed by atoms with Gasteiger partial charge in [0.1, 0.15) is 12.4 Å². The monoisotopic (exact) mass is 355 g/mol. The van der Waals surface area contributed by atoms with Crippen LogP contribution in [0.1, 0.15) is 16.7 Å². The number of nitro groups is 1. The van der Waals surface area contributed by atoms with Crippen molar-refractivity contribution in [3.63, 3.8) is 0 Å². The first-order valence-corrected chi connectivity index (χ1v) is 7.84. The normalized spacial score (nSPS) is 10.7. The molecule has 0 atom stereocenters. The largest absolute Gasteiger partial charge is 0.489 e. The van der Waals surface area contributed by atoms with Crippen LogP contribution in [-0.2, 0) is 13.7 Å². The van der Waals surface area contributed by atoms with Crippen molar-refractivity contribution in [1.82, 2.24) is 19.8 Å². The highest BCUT2D eigenvalue weighted by Gasteiger charge is 2.15. The lowest BCUT2D eigenvalue weighted by Crippen LogP contribution is -2.23. The first-order chi connectivity index (χ1) is 12.4. The predicted octanol–water partition coefficient (Wildman–Crippen LogP) is 2.07. The Morgan fingerprint density at radius 2 is 1.92 bits per heavy atom. The Morgan fingerprint density at radius 3 is 2.54 bits per heavy atom. The van der Waals surface area contributed by atoms with Crippen LogP contribution in [0, 0.1) is 24.0 Å². The molecule has 0 amide bonds. The summed E-state index contributed by atoms with van der Waals surface area (Å²) in [7, 11) is 1.53. The number of hydrogen-bond acceptors (Lipinski definition) is 6. The lowest BCUT2D eigenvalue weighted by Gasteiger charge is -2.14. The molecule has 9 heteroatoms. The van der Waals surface area contributed by atoms with E-state index in [-0.39, 0.29) is 18.0 Å². The second-order valence-corrected chi connectivity index (χ2v) is 5.87. The standard InChI is InChI=1S/C17H17N5O4/c1-11-5-4-6-15(21-17(23)20(3)18-19-21)14(11)10-26-16-8-7-13(22(24)25)9-12(16)2/h4-9H,10H2,1-3H3. The van der Waals surface area contributed by atoms with E-state index in [4.69, 9.17) is 4.74 Å². The zero-order valence-corrected chi connectivity index (χ0v) is 14.5. The third kappa shape index (κ3) is 3.18. The van der Waals surface area contributed by atoms with Crippen molar-refractivity contribution in [3.05, 3.63) is 73.7 Å². The quantitative estimate of drug-likeness (QED) is 0.512. The van der Waals surface area contributed by atoms with Gasteiger partial charge in [0, 0.05) is 24.7 Å². The van der Waals surface area contributed by atoms with Gasteiger partial charge in [-0.25, -0.2) is 4.79 Å². The van der Waals surface area contributed by atoms with Gasteiger partial charge in [-0.3, -0.25) is 10.1 Å². The summed E-state index contributed by atoms with van der Waals surface area (Å²) < 4.78 is 8.22. The lowest BCUT2D eigenvalue weighted by atomic mass is 10.1. The van der Waals surface area contributed by atoms with E-state index in [1.165, 1.54) is 23.9 Å². The van der Waals surface area contributed by atoms with Gasteiger partial charge in [0.05, 0.1) is 10.6 Å². The fraction of sp³-hybridized carbons (Fsp3) is 0.235. The van der Waals surface area contributed by atoms with Gasteiger partial charge < -0.3 is 4.74 Å². The van der Waals surface area contributed by atoms with Crippen LogP contribution in [0.2, 0.25) is 0 Å². The minimum absolute atomic E-state index is 0.0116. The topological polar surface area (TPSA) is 105 Å². The summed E-state index contributed by atoms with van der Waals surface area (Å²) in [6.07, 6.45) is 0. The third-order valence-corrected chi connectivity index (χ3v) is 4.08. The molecule has 0 saturated heterocycles.